The van der Waals surface area contributed by atoms with Gasteiger partial charge in [0.25, 0.3) is 0 Å². The molecule has 0 radical (unpaired) electrons. The summed E-state index contributed by atoms with van der Waals surface area (Å²) in [4.78, 5) is 11.3. The molecule has 1 aromatic carbocycles. The van der Waals surface area contributed by atoms with Crippen LogP contribution in [0.1, 0.15) is 25.0 Å². The fourth-order valence-corrected chi connectivity index (χ4v) is 3.25. The molecule has 0 aliphatic heterocycles. The van der Waals surface area contributed by atoms with Crippen LogP contribution in [0.4, 0.5) is 0 Å². The average Bonchev–Trinajstić information content (AvgIpc) is 3.14. The Bertz CT molecular complexity index is 879. The van der Waals surface area contributed by atoms with Crippen LogP contribution >= 0.6 is 22.9 Å². The van der Waals surface area contributed by atoms with Gasteiger partial charge in [0.15, 0.2) is 10.7 Å². The second kappa shape index (κ2) is 10.4. The number of thiophene rings is 1. The van der Waals surface area contributed by atoms with Crippen LogP contribution in [0.15, 0.2) is 53.5 Å². The summed E-state index contributed by atoms with van der Waals surface area (Å²) >= 11 is 7.83. The first-order chi connectivity index (χ1) is 13.7. The molecule has 0 saturated heterocycles. The van der Waals surface area contributed by atoms with Crippen molar-refractivity contribution in [2.45, 2.75) is 32.5 Å². The molecule has 2 aromatic rings. The second-order valence-electron chi connectivity index (χ2n) is 6.79. The number of nitrogens with zero attached hydrogens (tertiary/aromatic N) is 2. The van der Waals surface area contributed by atoms with Crippen molar-refractivity contribution in [3.8, 4) is 5.06 Å². The zero-order valence-electron chi connectivity index (χ0n) is 16.7. The van der Waals surface area contributed by atoms with E-state index in [1.807, 2.05) is 40.7 Å². The third-order valence-corrected chi connectivity index (χ3v) is 5.41. The lowest BCUT2D eigenvalue weighted by atomic mass is 10.1. The van der Waals surface area contributed by atoms with Gasteiger partial charge < -0.3 is 14.6 Å². The zero-order chi connectivity index (χ0) is 21.4. The SMILES string of the molecule is C=C/C(COC(C)(C)C(=O)O)=N\N(Cc1csc(OC)c1)Cc1ccccc1Cl. The van der Waals surface area contributed by atoms with E-state index in [0.717, 1.165) is 16.2 Å². The standard InChI is InChI=1S/C21H25ClN2O4S/c1-5-17(13-28-21(2,3)20(25)26)23-24(11-15-10-19(27-4)29-14-15)12-16-8-6-7-9-18(16)22/h5-10,14H,1,11-13H2,2-4H3,(H,25,26)/b23-17+. The normalized spacial score (nSPS) is 11.9. The number of carboxylic acids is 1. The highest BCUT2D eigenvalue weighted by Crippen LogP contribution is 2.25. The smallest absolute Gasteiger partial charge is 0.335 e. The maximum atomic E-state index is 11.3. The number of hydrogen-bond acceptors (Lipinski definition) is 6. The van der Waals surface area contributed by atoms with Gasteiger partial charge in [0.05, 0.1) is 32.5 Å². The molecule has 1 heterocycles. The summed E-state index contributed by atoms with van der Waals surface area (Å²) in [7, 11) is 1.63. The molecule has 0 saturated carbocycles. The fraction of sp³-hybridized carbons (Fsp3) is 0.333. The predicted octanol–water partition coefficient (Wildman–Crippen LogP) is 4.83. The Balaban J connectivity index is 2.23. The number of hydrogen-bond donors (Lipinski definition) is 1. The van der Waals surface area contributed by atoms with E-state index in [9.17, 15) is 9.90 Å². The van der Waals surface area contributed by atoms with Gasteiger partial charge in [0.1, 0.15) is 0 Å². The highest BCUT2D eigenvalue weighted by molar-refractivity contribution is 7.12. The van der Waals surface area contributed by atoms with Crippen LogP contribution in [0.2, 0.25) is 5.02 Å². The summed E-state index contributed by atoms with van der Waals surface area (Å²) in [6.07, 6.45) is 1.56. The quantitative estimate of drug-likeness (QED) is 0.403. The third-order valence-electron chi connectivity index (χ3n) is 4.11. The van der Waals surface area contributed by atoms with Crippen LogP contribution in [0.3, 0.4) is 0 Å². The first-order valence-corrected chi connectivity index (χ1v) is 10.2. The topological polar surface area (TPSA) is 71.4 Å². The lowest BCUT2D eigenvalue weighted by Crippen LogP contribution is -2.36. The number of methoxy groups -OCH3 is 1. The minimum absolute atomic E-state index is 0.0226. The van der Waals surface area contributed by atoms with Gasteiger partial charge in [-0.15, -0.1) is 11.3 Å². The van der Waals surface area contributed by atoms with Crippen molar-refractivity contribution in [2.24, 2.45) is 5.10 Å². The molecule has 6 nitrogen and oxygen atoms in total. The number of halogens is 1. The van der Waals surface area contributed by atoms with Gasteiger partial charge in [-0.05, 0) is 48.6 Å². The minimum atomic E-state index is -1.32. The predicted molar refractivity (Wildman–Crippen MR) is 117 cm³/mol. The largest absolute Gasteiger partial charge is 0.487 e. The van der Waals surface area contributed by atoms with Crippen molar-refractivity contribution in [1.29, 1.82) is 0 Å². The van der Waals surface area contributed by atoms with E-state index in [2.05, 4.69) is 11.7 Å². The Morgan fingerprint density at radius 2 is 2.10 bits per heavy atom. The average molecular weight is 437 g/mol. The van der Waals surface area contributed by atoms with E-state index >= 15 is 0 Å². The Morgan fingerprint density at radius 3 is 2.69 bits per heavy atom. The van der Waals surface area contributed by atoms with Crippen molar-refractivity contribution < 1.29 is 19.4 Å². The molecular formula is C21H25ClN2O4S. The summed E-state index contributed by atoms with van der Waals surface area (Å²) in [5, 5.41) is 19.2. The van der Waals surface area contributed by atoms with Gasteiger partial charge in [-0.3, -0.25) is 5.01 Å². The van der Waals surface area contributed by atoms with Gasteiger partial charge in [-0.1, -0.05) is 36.4 Å². The number of aliphatic carboxylic acids is 1. The van der Waals surface area contributed by atoms with Crippen LogP contribution in [0.5, 0.6) is 5.06 Å². The molecule has 0 amide bonds. The van der Waals surface area contributed by atoms with Crippen LogP contribution in [-0.4, -0.2) is 41.1 Å². The Morgan fingerprint density at radius 1 is 1.38 bits per heavy atom. The zero-order valence-corrected chi connectivity index (χ0v) is 18.3. The second-order valence-corrected chi connectivity index (χ2v) is 8.07. The summed E-state index contributed by atoms with van der Waals surface area (Å²) in [5.74, 6) is -1.04. The van der Waals surface area contributed by atoms with Crippen LogP contribution in [0.25, 0.3) is 0 Å². The summed E-state index contributed by atoms with van der Waals surface area (Å²) in [5.41, 5.74) is 1.17. The molecule has 0 aliphatic rings. The number of hydrazone groups is 1. The van der Waals surface area contributed by atoms with E-state index < -0.39 is 11.6 Å². The monoisotopic (exact) mass is 436 g/mol. The van der Waals surface area contributed by atoms with E-state index in [4.69, 9.17) is 21.1 Å². The molecule has 156 valence electrons. The maximum Gasteiger partial charge on any atom is 0.335 e. The van der Waals surface area contributed by atoms with E-state index in [1.165, 1.54) is 25.2 Å². The van der Waals surface area contributed by atoms with Crippen LogP contribution in [0, 0.1) is 0 Å². The van der Waals surface area contributed by atoms with Crippen molar-refractivity contribution in [3.63, 3.8) is 0 Å². The van der Waals surface area contributed by atoms with Gasteiger partial charge in [0, 0.05) is 5.02 Å². The Hall–Kier alpha value is -2.35. The summed E-state index contributed by atoms with van der Waals surface area (Å²) in [6.45, 7) is 7.78. The van der Waals surface area contributed by atoms with E-state index in [-0.39, 0.29) is 6.61 Å². The molecule has 0 aliphatic carbocycles. The Kier molecular flexibility index (Phi) is 8.25. The van der Waals surface area contributed by atoms with E-state index in [1.54, 1.807) is 13.2 Å². The van der Waals surface area contributed by atoms with Crippen molar-refractivity contribution in [1.82, 2.24) is 5.01 Å². The van der Waals surface area contributed by atoms with Crippen molar-refractivity contribution in [2.75, 3.05) is 13.7 Å². The highest BCUT2D eigenvalue weighted by Gasteiger charge is 2.28. The van der Waals surface area contributed by atoms with Crippen molar-refractivity contribution in [3.05, 3.63) is 64.5 Å². The molecule has 29 heavy (non-hydrogen) atoms. The molecule has 0 fully saturated rings. The number of rotatable bonds is 11. The molecule has 8 heteroatoms. The van der Waals surface area contributed by atoms with Crippen LogP contribution in [-0.2, 0) is 22.6 Å². The molecule has 1 aromatic heterocycles. The number of benzene rings is 1. The molecule has 1 N–H and O–H groups in total. The first kappa shape index (κ1) is 22.9. The molecular weight excluding hydrogens is 412 g/mol. The third kappa shape index (κ3) is 6.88. The van der Waals surface area contributed by atoms with Gasteiger partial charge in [0.2, 0.25) is 0 Å². The molecule has 0 bridgehead atoms. The maximum absolute atomic E-state index is 11.3. The highest BCUT2D eigenvalue weighted by atomic mass is 35.5. The molecule has 0 spiro atoms. The summed E-state index contributed by atoms with van der Waals surface area (Å²) in [6, 6.07) is 9.52. The van der Waals surface area contributed by atoms with Crippen molar-refractivity contribution >= 4 is 34.6 Å². The number of ether oxygens (including phenoxy) is 2. The number of carbonyl (C=O) groups is 1. The minimum Gasteiger partial charge on any atom is -0.487 e. The lowest BCUT2D eigenvalue weighted by Gasteiger charge is -2.23. The summed E-state index contributed by atoms with van der Waals surface area (Å²) < 4.78 is 10.8. The number of carboxylic acid groups (broad SMARTS) is 1. The van der Waals surface area contributed by atoms with Gasteiger partial charge in [-0.25, -0.2) is 4.79 Å². The lowest BCUT2D eigenvalue weighted by molar-refractivity contribution is -0.159. The van der Waals surface area contributed by atoms with Gasteiger partial charge in [-0.2, -0.15) is 5.10 Å². The van der Waals surface area contributed by atoms with E-state index in [0.29, 0.717) is 23.8 Å². The Labute approximate surface area is 180 Å². The van der Waals surface area contributed by atoms with Crippen LogP contribution < -0.4 is 4.74 Å². The molecule has 2 rings (SSSR count). The molecule has 0 atom stereocenters. The van der Waals surface area contributed by atoms with Gasteiger partial charge >= 0.3 is 5.97 Å². The fourth-order valence-electron chi connectivity index (χ4n) is 2.33. The first-order valence-electron chi connectivity index (χ1n) is 8.92. The molecule has 0 unspecified atom stereocenters.